The van der Waals surface area contributed by atoms with Gasteiger partial charge in [0.05, 0.1) is 15.1 Å². The molecule has 1 N–H and O–H groups in total. The molecule has 0 aliphatic carbocycles. The van der Waals surface area contributed by atoms with Gasteiger partial charge in [-0.1, -0.05) is 0 Å². The minimum atomic E-state index is -0.332. The maximum Gasteiger partial charge on any atom is 0.264 e. The summed E-state index contributed by atoms with van der Waals surface area (Å²) < 4.78 is 19.6. The van der Waals surface area contributed by atoms with Gasteiger partial charge in [-0.3, -0.25) is 4.79 Å². The molecule has 0 spiro atoms. The van der Waals surface area contributed by atoms with Crippen molar-refractivity contribution >= 4 is 66.5 Å². The third-order valence-corrected chi connectivity index (χ3v) is 5.27. The van der Waals surface area contributed by atoms with E-state index in [1.54, 1.807) is 12.1 Å². The van der Waals surface area contributed by atoms with Gasteiger partial charge >= 0.3 is 0 Å². The van der Waals surface area contributed by atoms with E-state index in [-0.39, 0.29) is 11.7 Å². The van der Waals surface area contributed by atoms with Gasteiger partial charge in [-0.2, -0.15) is 0 Å². The number of amides is 1. The molecule has 1 saturated heterocycles. The number of halogens is 3. The number of hydrogen-bond donors (Lipinski definition) is 1. The van der Waals surface area contributed by atoms with Crippen molar-refractivity contribution in [1.29, 1.82) is 0 Å². The molecule has 1 aromatic carbocycles. The lowest BCUT2D eigenvalue weighted by Crippen LogP contribution is -2.19. The number of thioether (sulfide) groups is 1. The molecule has 1 aliphatic rings. The van der Waals surface area contributed by atoms with Crippen molar-refractivity contribution in [2.75, 3.05) is 0 Å². The molecule has 1 amide bonds. The van der Waals surface area contributed by atoms with Crippen molar-refractivity contribution in [1.82, 2.24) is 5.32 Å². The first kappa shape index (κ1) is 15.5. The molecule has 1 fully saturated rings. The lowest BCUT2D eigenvalue weighted by atomic mass is 10.3. The van der Waals surface area contributed by atoms with Gasteiger partial charge in [0.25, 0.3) is 5.91 Å². The molecule has 0 saturated carbocycles. The van der Waals surface area contributed by atoms with Crippen LogP contribution in [0.4, 0.5) is 10.1 Å². The van der Waals surface area contributed by atoms with Gasteiger partial charge in [0, 0.05) is 6.08 Å². The molecule has 0 unspecified atom stereocenters. The molecule has 1 aliphatic heterocycles. The van der Waals surface area contributed by atoms with E-state index >= 15 is 0 Å². The second kappa shape index (κ2) is 6.39. The number of hydrogen-bond acceptors (Lipinski definition) is 4. The maximum atomic E-state index is 12.9. The summed E-state index contributed by atoms with van der Waals surface area (Å²) in [6.45, 7) is 0. The molecule has 2 aromatic rings. The molecule has 1 aromatic heterocycles. The highest BCUT2D eigenvalue weighted by Crippen LogP contribution is 2.32. The van der Waals surface area contributed by atoms with Crippen LogP contribution in [0.5, 0.6) is 0 Å². The maximum absolute atomic E-state index is 12.9. The number of amidine groups is 1. The van der Waals surface area contributed by atoms with E-state index in [1.165, 1.54) is 36.0 Å². The Morgan fingerprint density at radius 1 is 1.27 bits per heavy atom. The quantitative estimate of drug-likeness (QED) is 0.673. The zero-order chi connectivity index (χ0) is 15.7. The zero-order valence-corrected chi connectivity index (χ0v) is 14.8. The predicted octanol–water partition coefficient (Wildman–Crippen LogP) is 4.84. The fourth-order valence-corrected chi connectivity index (χ4v) is 3.11. The van der Waals surface area contributed by atoms with Crippen LogP contribution in [-0.2, 0) is 4.79 Å². The van der Waals surface area contributed by atoms with Crippen molar-refractivity contribution in [3.05, 3.63) is 56.0 Å². The number of nitrogens with zero attached hydrogens (tertiary/aromatic N) is 1. The van der Waals surface area contributed by atoms with Gasteiger partial charge in [0.15, 0.2) is 9.84 Å². The molecule has 8 heteroatoms. The molecule has 3 rings (SSSR count). The smallest absolute Gasteiger partial charge is 0.264 e. The van der Waals surface area contributed by atoms with Crippen LogP contribution in [0.2, 0.25) is 0 Å². The Kier molecular flexibility index (Phi) is 4.51. The standard InChI is InChI=1S/C14H7Br2FN2O2S/c15-10-5-9(21-12(10)16)6-11-13(20)19-14(22-11)18-8-3-1-7(17)2-4-8/h1-6H,(H,18,19,20)/b11-6-. The Labute approximate surface area is 146 Å². The first-order chi connectivity index (χ1) is 10.5. The molecule has 0 radical (unpaired) electrons. The van der Waals surface area contributed by atoms with Crippen molar-refractivity contribution in [3.8, 4) is 0 Å². The van der Waals surface area contributed by atoms with Gasteiger partial charge in [0.1, 0.15) is 11.6 Å². The molecule has 0 bridgehead atoms. The van der Waals surface area contributed by atoms with Gasteiger partial charge in [-0.25, -0.2) is 9.38 Å². The molecule has 0 atom stereocenters. The van der Waals surface area contributed by atoms with Crippen LogP contribution in [0.25, 0.3) is 6.08 Å². The molecular formula is C14H7Br2FN2O2S. The molecule has 2 heterocycles. The Morgan fingerprint density at radius 3 is 2.64 bits per heavy atom. The average molecular weight is 446 g/mol. The Morgan fingerprint density at radius 2 is 2.00 bits per heavy atom. The fourth-order valence-electron chi connectivity index (χ4n) is 1.68. The number of aliphatic imine (C=N–C) groups is 1. The summed E-state index contributed by atoms with van der Waals surface area (Å²) in [4.78, 5) is 16.6. The van der Waals surface area contributed by atoms with E-state index in [1.807, 2.05) is 0 Å². The van der Waals surface area contributed by atoms with Crippen LogP contribution in [0.3, 0.4) is 0 Å². The summed E-state index contributed by atoms with van der Waals surface area (Å²) in [5.41, 5.74) is 0.564. The van der Waals surface area contributed by atoms with Crippen molar-refractivity contribution < 1.29 is 13.6 Å². The minimum Gasteiger partial charge on any atom is -0.449 e. The number of carbonyl (C=O) groups is 1. The van der Waals surface area contributed by atoms with Gasteiger partial charge in [-0.05, 0) is 74.0 Å². The Bertz CT molecular complexity index is 780. The van der Waals surface area contributed by atoms with E-state index in [4.69, 9.17) is 4.42 Å². The predicted molar refractivity (Wildman–Crippen MR) is 91.3 cm³/mol. The highest BCUT2D eigenvalue weighted by atomic mass is 79.9. The van der Waals surface area contributed by atoms with Crippen LogP contribution < -0.4 is 5.32 Å². The molecule has 22 heavy (non-hydrogen) atoms. The zero-order valence-electron chi connectivity index (χ0n) is 10.8. The summed E-state index contributed by atoms with van der Waals surface area (Å²) >= 11 is 7.74. The number of carbonyl (C=O) groups excluding carboxylic acids is 1. The molecule has 112 valence electrons. The van der Waals surface area contributed by atoms with Crippen LogP contribution in [0, 0.1) is 5.82 Å². The third kappa shape index (κ3) is 3.50. The van der Waals surface area contributed by atoms with Crippen molar-refractivity contribution in [2.45, 2.75) is 0 Å². The Hall–Kier alpha value is -1.38. The monoisotopic (exact) mass is 444 g/mol. The Balaban J connectivity index is 1.82. The van der Waals surface area contributed by atoms with Crippen molar-refractivity contribution in [2.24, 2.45) is 4.99 Å². The first-order valence-corrected chi connectivity index (χ1v) is 8.41. The van der Waals surface area contributed by atoms with Crippen LogP contribution >= 0.6 is 43.6 Å². The lowest BCUT2D eigenvalue weighted by Gasteiger charge is -1.95. The second-order valence-electron chi connectivity index (χ2n) is 4.23. The summed E-state index contributed by atoms with van der Waals surface area (Å²) in [5, 5.41) is 3.09. The summed E-state index contributed by atoms with van der Waals surface area (Å²) in [6, 6.07) is 7.46. The number of rotatable bonds is 2. The highest BCUT2D eigenvalue weighted by molar-refractivity contribution is 9.13. The van der Waals surface area contributed by atoms with E-state index in [9.17, 15) is 9.18 Å². The second-order valence-corrected chi connectivity index (χ2v) is 6.83. The van der Waals surface area contributed by atoms with E-state index in [2.05, 4.69) is 42.2 Å². The van der Waals surface area contributed by atoms with Crippen LogP contribution in [0.1, 0.15) is 5.76 Å². The van der Waals surface area contributed by atoms with E-state index < -0.39 is 0 Å². The summed E-state index contributed by atoms with van der Waals surface area (Å²) in [7, 11) is 0. The minimum absolute atomic E-state index is 0.255. The first-order valence-electron chi connectivity index (χ1n) is 6.01. The molecular weight excluding hydrogens is 439 g/mol. The SMILES string of the molecule is O=C1NC(=Nc2ccc(F)cc2)S/C1=C\c1cc(Br)c(Br)o1. The van der Waals surface area contributed by atoms with Crippen LogP contribution in [0.15, 0.2) is 53.8 Å². The third-order valence-electron chi connectivity index (χ3n) is 2.65. The number of nitrogens with one attached hydrogen (secondary N) is 1. The summed E-state index contributed by atoms with van der Waals surface area (Å²) in [6.07, 6.45) is 1.63. The van der Waals surface area contributed by atoms with E-state index in [0.717, 1.165) is 4.47 Å². The fraction of sp³-hybridized carbons (Fsp3) is 0. The summed E-state index contributed by atoms with van der Waals surface area (Å²) in [5.74, 6) is -0.0458. The van der Waals surface area contributed by atoms with Crippen molar-refractivity contribution in [3.63, 3.8) is 0 Å². The van der Waals surface area contributed by atoms with Gasteiger partial charge < -0.3 is 9.73 Å². The average Bonchev–Trinajstić information content (AvgIpc) is 2.96. The largest absolute Gasteiger partial charge is 0.449 e. The topological polar surface area (TPSA) is 54.6 Å². The van der Waals surface area contributed by atoms with E-state index in [0.29, 0.717) is 26.2 Å². The van der Waals surface area contributed by atoms with Crippen LogP contribution in [-0.4, -0.2) is 11.1 Å². The lowest BCUT2D eigenvalue weighted by molar-refractivity contribution is -0.115. The van der Waals surface area contributed by atoms with Gasteiger partial charge in [0.2, 0.25) is 0 Å². The normalized spacial score (nSPS) is 18.2. The highest BCUT2D eigenvalue weighted by Gasteiger charge is 2.24. The number of benzene rings is 1. The van der Waals surface area contributed by atoms with Gasteiger partial charge in [-0.15, -0.1) is 0 Å². The molecule has 4 nitrogen and oxygen atoms in total. The number of furan rings is 1.